The zero-order valence-corrected chi connectivity index (χ0v) is 13.0. The Balaban J connectivity index is 1.82. The van der Waals surface area contributed by atoms with Gasteiger partial charge >= 0.3 is 0 Å². The Morgan fingerprint density at radius 3 is 2.92 bits per heavy atom. The molecular formula is C14H19N5O5. The minimum absolute atomic E-state index is 0.0240. The van der Waals surface area contributed by atoms with Crippen LogP contribution in [0.25, 0.3) is 11.2 Å². The first-order valence-corrected chi connectivity index (χ1v) is 7.87. The fourth-order valence-electron chi connectivity index (χ4n) is 3.32. The van der Waals surface area contributed by atoms with Crippen molar-refractivity contribution in [1.82, 2.24) is 19.1 Å². The number of ether oxygens (including phenoxy) is 1. The molecule has 1 saturated heterocycles. The third-order valence-corrected chi connectivity index (χ3v) is 4.56. The molecule has 24 heavy (non-hydrogen) atoms. The molecule has 10 nitrogen and oxygen atoms in total. The maximum absolute atomic E-state index is 12.6. The van der Waals surface area contributed by atoms with Gasteiger partial charge in [-0.25, -0.2) is 9.55 Å². The van der Waals surface area contributed by atoms with Crippen LogP contribution in [0, 0.1) is 0 Å². The summed E-state index contributed by atoms with van der Waals surface area (Å²) in [5.41, 5.74) is 0.00781. The number of hydrogen-bond acceptors (Lipinski definition) is 8. The van der Waals surface area contributed by atoms with Crippen molar-refractivity contribution in [2.45, 2.75) is 50.5 Å². The highest BCUT2D eigenvalue weighted by Crippen LogP contribution is 2.31. The molecule has 5 unspecified atom stereocenters. The minimum Gasteiger partial charge on any atom is -0.394 e. The summed E-state index contributed by atoms with van der Waals surface area (Å²) in [4.78, 5) is 21.2. The molecule has 2 aromatic heterocycles. The molecule has 4 N–H and O–H groups in total. The molecule has 4 rings (SSSR count). The number of hydrogen-bond donors (Lipinski definition) is 4. The van der Waals surface area contributed by atoms with Crippen molar-refractivity contribution in [2.75, 3.05) is 11.9 Å². The van der Waals surface area contributed by atoms with Gasteiger partial charge in [0.05, 0.1) is 19.0 Å². The van der Waals surface area contributed by atoms with Crippen LogP contribution in [0.15, 0.2) is 11.1 Å². The molecule has 5 atom stereocenters. The highest BCUT2D eigenvalue weighted by Gasteiger charge is 2.36. The molecule has 0 spiro atoms. The van der Waals surface area contributed by atoms with E-state index in [-0.39, 0.29) is 30.5 Å². The van der Waals surface area contributed by atoms with E-state index in [4.69, 9.17) is 4.74 Å². The zero-order valence-electron chi connectivity index (χ0n) is 13.0. The van der Waals surface area contributed by atoms with E-state index in [2.05, 4.69) is 15.3 Å². The van der Waals surface area contributed by atoms with Gasteiger partial charge in [0.25, 0.3) is 5.56 Å². The number of aliphatic hydroxyl groups is 3. The second-order valence-corrected chi connectivity index (χ2v) is 6.31. The van der Waals surface area contributed by atoms with E-state index in [9.17, 15) is 20.1 Å². The summed E-state index contributed by atoms with van der Waals surface area (Å²) in [6.07, 6.45) is -0.891. The molecule has 130 valence electrons. The smallest absolute Gasteiger partial charge is 0.285 e. The predicted molar refractivity (Wildman–Crippen MR) is 82.4 cm³/mol. The van der Waals surface area contributed by atoms with Gasteiger partial charge in [0.15, 0.2) is 11.2 Å². The topological polar surface area (TPSA) is 135 Å². The van der Waals surface area contributed by atoms with Crippen LogP contribution in [-0.2, 0) is 4.74 Å². The number of fused-ring (bicyclic) bond motifs is 2. The fourth-order valence-corrected chi connectivity index (χ4v) is 3.32. The van der Waals surface area contributed by atoms with E-state index in [1.54, 1.807) is 4.57 Å². The van der Waals surface area contributed by atoms with Gasteiger partial charge in [-0.2, -0.15) is 4.98 Å². The van der Waals surface area contributed by atoms with Crippen LogP contribution in [0.2, 0.25) is 0 Å². The second-order valence-electron chi connectivity index (χ2n) is 6.31. The lowest BCUT2D eigenvalue weighted by atomic mass is 10.2. The van der Waals surface area contributed by atoms with Gasteiger partial charge in [-0.1, -0.05) is 0 Å². The first-order valence-electron chi connectivity index (χ1n) is 7.87. The summed E-state index contributed by atoms with van der Waals surface area (Å²) in [6.45, 7) is 1.60. The maximum atomic E-state index is 12.6. The summed E-state index contributed by atoms with van der Waals surface area (Å²) >= 11 is 0. The van der Waals surface area contributed by atoms with E-state index in [0.29, 0.717) is 12.1 Å². The van der Waals surface area contributed by atoms with Crippen molar-refractivity contribution < 1.29 is 20.1 Å². The number of aliphatic hydroxyl groups excluding tert-OH is 3. The molecule has 0 amide bonds. The average molecular weight is 337 g/mol. The molecule has 0 aromatic carbocycles. The van der Waals surface area contributed by atoms with E-state index < -0.39 is 30.2 Å². The highest BCUT2D eigenvalue weighted by atomic mass is 16.5. The number of anilines is 1. The zero-order chi connectivity index (χ0) is 17.0. The molecular weight excluding hydrogens is 318 g/mol. The van der Waals surface area contributed by atoms with Crippen molar-refractivity contribution in [3.8, 4) is 0 Å². The number of nitrogens with one attached hydrogen (secondary N) is 1. The van der Waals surface area contributed by atoms with Gasteiger partial charge in [-0.15, -0.1) is 0 Å². The Hall–Kier alpha value is -2.01. The Bertz CT molecular complexity index is 833. The summed E-state index contributed by atoms with van der Waals surface area (Å²) < 4.78 is 8.37. The molecule has 1 fully saturated rings. The van der Waals surface area contributed by atoms with E-state index >= 15 is 0 Å². The van der Waals surface area contributed by atoms with Crippen LogP contribution in [0.3, 0.4) is 0 Å². The number of nitrogens with zero attached hydrogens (tertiary/aromatic N) is 4. The first kappa shape index (κ1) is 15.5. The molecule has 0 aliphatic carbocycles. The van der Waals surface area contributed by atoms with Gasteiger partial charge in [0.1, 0.15) is 18.6 Å². The van der Waals surface area contributed by atoms with Gasteiger partial charge < -0.3 is 25.4 Å². The molecule has 2 aromatic rings. The van der Waals surface area contributed by atoms with Gasteiger partial charge in [0, 0.05) is 18.9 Å². The Kier molecular flexibility index (Phi) is 3.57. The van der Waals surface area contributed by atoms with Crippen LogP contribution < -0.4 is 10.9 Å². The SMILES string of the molecule is CC1CC(O)n2c(nc3c(ncn3C3CC(O)C(CO)O3)c2=O)N1. The molecule has 0 saturated carbocycles. The first-order chi connectivity index (χ1) is 11.5. The van der Waals surface area contributed by atoms with Crippen LogP contribution in [0.5, 0.6) is 0 Å². The Morgan fingerprint density at radius 1 is 1.42 bits per heavy atom. The molecule has 0 radical (unpaired) electrons. The Morgan fingerprint density at radius 2 is 2.21 bits per heavy atom. The van der Waals surface area contributed by atoms with Crippen molar-refractivity contribution in [2.24, 2.45) is 0 Å². The van der Waals surface area contributed by atoms with Crippen molar-refractivity contribution in [1.29, 1.82) is 0 Å². The summed E-state index contributed by atoms with van der Waals surface area (Å²) in [7, 11) is 0. The molecule has 0 bridgehead atoms. The lowest BCUT2D eigenvalue weighted by Crippen LogP contribution is -2.38. The van der Waals surface area contributed by atoms with E-state index in [1.165, 1.54) is 10.9 Å². The third-order valence-electron chi connectivity index (χ3n) is 4.56. The fraction of sp³-hybridized carbons (Fsp3) is 0.643. The van der Waals surface area contributed by atoms with E-state index in [0.717, 1.165) is 0 Å². The Labute approximate surface area is 136 Å². The lowest BCUT2D eigenvalue weighted by Gasteiger charge is -2.28. The van der Waals surface area contributed by atoms with E-state index in [1.807, 2.05) is 6.92 Å². The lowest BCUT2D eigenvalue weighted by molar-refractivity contribution is -0.0432. The second kappa shape index (κ2) is 5.52. The molecule has 10 heteroatoms. The number of rotatable bonds is 2. The minimum atomic E-state index is -0.950. The molecule has 4 heterocycles. The van der Waals surface area contributed by atoms with Gasteiger partial charge in [-0.05, 0) is 6.92 Å². The monoisotopic (exact) mass is 337 g/mol. The quantitative estimate of drug-likeness (QED) is 0.544. The summed E-state index contributed by atoms with van der Waals surface area (Å²) in [5.74, 6) is 0.276. The van der Waals surface area contributed by atoms with Crippen LogP contribution in [0.4, 0.5) is 5.95 Å². The highest BCUT2D eigenvalue weighted by molar-refractivity contribution is 5.71. The predicted octanol–water partition coefficient (Wildman–Crippen LogP) is -1.07. The van der Waals surface area contributed by atoms with Gasteiger partial charge in [-0.3, -0.25) is 9.36 Å². The standard InChI is InChI=1S/C14H19N5O5/c1-6-2-9(22)19-13(23)11-12(17-14(19)16-6)18(5-15-11)10-3-7(21)8(4-20)24-10/h5-10,20-22H,2-4H2,1H3,(H,16,17). The average Bonchev–Trinajstić information content (AvgIpc) is 3.09. The largest absolute Gasteiger partial charge is 0.394 e. The summed E-state index contributed by atoms with van der Waals surface area (Å²) in [6, 6.07) is -0.0240. The van der Waals surface area contributed by atoms with Crippen LogP contribution >= 0.6 is 0 Å². The maximum Gasteiger partial charge on any atom is 0.285 e. The van der Waals surface area contributed by atoms with Crippen LogP contribution in [-0.4, -0.2) is 59.3 Å². The normalized spacial score (nSPS) is 32.8. The van der Waals surface area contributed by atoms with Gasteiger partial charge in [0.2, 0.25) is 5.95 Å². The molecule has 2 aliphatic heterocycles. The third kappa shape index (κ3) is 2.22. The van der Waals surface area contributed by atoms with Crippen molar-refractivity contribution in [3.63, 3.8) is 0 Å². The van der Waals surface area contributed by atoms with Crippen molar-refractivity contribution in [3.05, 3.63) is 16.7 Å². The van der Waals surface area contributed by atoms with Crippen molar-refractivity contribution >= 4 is 17.1 Å². The summed E-state index contributed by atoms with van der Waals surface area (Å²) in [5, 5.41) is 32.3. The molecule has 2 aliphatic rings. The number of imidazole rings is 1. The van der Waals surface area contributed by atoms with Crippen LogP contribution in [0.1, 0.15) is 32.2 Å². The number of aromatic nitrogens is 4.